The van der Waals surface area contributed by atoms with Crippen LogP contribution in [0.15, 0.2) is 0 Å². The molecule has 9 heteroatoms. The number of rotatable bonds is 3. The van der Waals surface area contributed by atoms with Crippen molar-refractivity contribution in [3.8, 4) is 0 Å². The Balaban J connectivity index is 1.67. The lowest BCUT2D eigenvalue weighted by molar-refractivity contribution is -0.136. The first-order valence-electron chi connectivity index (χ1n) is 9.24. The van der Waals surface area contributed by atoms with E-state index in [1.807, 2.05) is 4.90 Å². The number of urea groups is 1. The van der Waals surface area contributed by atoms with Gasteiger partial charge >= 0.3 is 6.03 Å². The Labute approximate surface area is 155 Å². The highest BCUT2D eigenvalue weighted by Gasteiger charge is 2.56. The Kier molecular flexibility index (Phi) is 4.86. The monoisotopic (exact) mass is 386 g/mol. The second-order valence-electron chi connectivity index (χ2n) is 9.02. The fraction of sp³-hybridized carbons (Fsp3) is 0.882. The zero-order valence-electron chi connectivity index (χ0n) is 16.1. The van der Waals surface area contributed by atoms with Crippen LogP contribution in [0.2, 0.25) is 0 Å². The van der Waals surface area contributed by atoms with Gasteiger partial charge in [0.1, 0.15) is 5.54 Å². The third kappa shape index (κ3) is 3.75. The topological polar surface area (TPSA) is 90.0 Å². The van der Waals surface area contributed by atoms with E-state index in [1.165, 1.54) is 15.5 Å². The van der Waals surface area contributed by atoms with Crippen molar-refractivity contribution in [2.45, 2.75) is 45.6 Å². The minimum Gasteiger partial charge on any atom is -0.323 e. The summed E-state index contributed by atoms with van der Waals surface area (Å²) in [5.74, 6) is 0.244. The van der Waals surface area contributed by atoms with Crippen LogP contribution >= 0.6 is 0 Å². The van der Waals surface area contributed by atoms with Crippen LogP contribution in [-0.4, -0.2) is 79.1 Å². The molecule has 2 heterocycles. The van der Waals surface area contributed by atoms with Crippen LogP contribution < -0.4 is 5.32 Å². The van der Waals surface area contributed by atoms with Crippen molar-refractivity contribution in [3.05, 3.63) is 0 Å². The molecule has 1 aliphatic carbocycles. The van der Waals surface area contributed by atoms with E-state index >= 15 is 0 Å². The molecule has 0 aromatic carbocycles. The molecule has 2 atom stereocenters. The fourth-order valence-electron chi connectivity index (χ4n) is 5.04. The normalized spacial score (nSPS) is 33.7. The van der Waals surface area contributed by atoms with Gasteiger partial charge in [-0.15, -0.1) is 0 Å². The van der Waals surface area contributed by atoms with Crippen molar-refractivity contribution >= 4 is 22.0 Å². The second-order valence-corrected chi connectivity index (χ2v) is 11.0. The lowest BCUT2D eigenvalue weighted by atomic mass is 9.64. The molecule has 0 radical (unpaired) electrons. The van der Waals surface area contributed by atoms with Gasteiger partial charge in [-0.2, -0.15) is 4.31 Å². The fourth-order valence-corrected chi connectivity index (χ4v) is 5.86. The zero-order valence-corrected chi connectivity index (χ0v) is 16.9. The number of hydrogen-bond donors (Lipinski definition) is 1. The maximum absolute atomic E-state index is 13.1. The lowest BCUT2D eigenvalue weighted by Gasteiger charge is -2.44. The van der Waals surface area contributed by atoms with Gasteiger partial charge in [0.2, 0.25) is 10.0 Å². The summed E-state index contributed by atoms with van der Waals surface area (Å²) in [6, 6.07) is -0.328. The van der Waals surface area contributed by atoms with Crippen molar-refractivity contribution in [1.29, 1.82) is 0 Å². The number of sulfonamides is 1. The Bertz CT molecular complexity index is 700. The van der Waals surface area contributed by atoms with E-state index in [-0.39, 0.29) is 24.0 Å². The molecule has 2 saturated heterocycles. The van der Waals surface area contributed by atoms with Crippen LogP contribution in [-0.2, 0) is 14.8 Å². The van der Waals surface area contributed by atoms with E-state index in [0.717, 1.165) is 6.42 Å². The largest absolute Gasteiger partial charge is 0.326 e. The summed E-state index contributed by atoms with van der Waals surface area (Å²) in [5, 5.41) is 2.98. The standard InChI is InChI=1S/C17H30N4O4S/c1-13-9-16(2,3)11-17(10-13)14(22)21(15(23)18-17)12-19-5-7-20(8-6-19)26(4,24)25/h13H,5-12H2,1-4H3,(H,18,23). The third-order valence-electron chi connectivity index (χ3n) is 5.77. The number of piperazine rings is 1. The maximum Gasteiger partial charge on any atom is 0.326 e. The molecule has 0 aromatic heterocycles. The van der Waals surface area contributed by atoms with Gasteiger partial charge in [-0.1, -0.05) is 20.8 Å². The Morgan fingerprint density at radius 1 is 1.12 bits per heavy atom. The van der Waals surface area contributed by atoms with Gasteiger partial charge in [0, 0.05) is 26.2 Å². The maximum atomic E-state index is 13.1. The van der Waals surface area contributed by atoms with Crippen molar-refractivity contribution in [1.82, 2.24) is 19.4 Å². The van der Waals surface area contributed by atoms with E-state index in [2.05, 4.69) is 26.1 Å². The molecule has 26 heavy (non-hydrogen) atoms. The molecule has 2 aliphatic heterocycles. The van der Waals surface area contributed by atoms with E-state index in [1.54, 1.807) is 0 Å². The SMILES string of the molecule is CC1CC(C)(C)CC2(C1)NC(=O)N(CN1CCN(S(C)(=O)=O)CC1)C2=O. The smallest absolute Gasteiger partial charge is 0.323 e. The Morgan fingerprint density at radius 2 is 1.73 bits per heavy atom. The molecule has 148 valence electrons. The predicted molar refractivity (Wildman–Crippen MR) is 97.8 cm³/mol. The predicted octanol–water partition coefficient (Wildman–Crippen LogP) is 0.658. The van der Waals surface area contributed by atoms with E-state index < -0.39 is 15.6 Å². The quantitative estimate of drug-likeness (QED) is 0.720. The van der Waals surface area contributed by atoms with Gasteiger partial charge in [-0.05, 0) is 30.6 Å². The molecule has 1 spiro atoms. The third-order valence-corrected chi connectivity index (χ3v) is 7.07. The van der Waals surface area contributed by atoms with Gasteiger partial charge in [-0.25, -0.2) is 18.1 Å². The summed E-state index contributed by atoms with van der Waals surface area (Å²) in [5.41, 5.74) is -0.773. The molecule has 2 unspecified atom stereocenters. The molecule has 3 amide bonds. The number of nitrogens with zero attached hydrogens (tertiary/aromatic N) is 3. The molecular formula is C17H30N4O4S. The van der Waals surface area contributed by atoms with E-state index in [4.69, 9.17) is 0 Å². The molecule has 1 saturated carbocycles. The highest BCUT2D eigenvalue weighted by atomic mass is 32.2. The molecule has 3 fully saturated rings. The van der Waals surface area contributed by atoms with Gasteiger partial charge in [0.15, 0.2) is 0 Å². The van der Waals surface area contributed by atoms with E-state index in [0.29, 0.717) is 44.9 Å². The highest BCUT2D eigenvalue weighted by molar-refractivity contribution is 7.88. The molecule has 3 aliphatic rings. The number of nitrogens with one attached hydrogen (secondary N) is 1. The number of amides is 3. The van der Waals surface area contributed by atoms with Crippen LogP contribution in [0.25, 0.3) is 0 Å². The number of carbonyl (C=O) groups is 2. The van der Waals surface area contributed by atoms with Crippen LogP contribution in [0.4, 0.5) is 4.79 Å². The van der Waals surface area contributed by atoms with Crippen molar-refractivity contribution in [3.63, 3.8) is 0 Å². The van der Waals surface area contributed by atoms with Crippen molar-refractivity contribution in [2.75, 3.05) is 39.1 Å². The summed E-state index contributed by atoms with van der Waals surface area (Å²) in [6.07, 6.45) is 3.59. The van der Waals surface area contributed by atoms with Crippen LogP contribution in [0.3, 0.4) is 0 Å². The first kappa shape index (κ1) is 19.6. The molecular weight excluding hydrogens is 356 g/mol. The first-order valence-corrected chi connectivity index (χ1v) is 11.1. The zero-order chi connectivity index (χ0) is 19.3. The van der Waals surface area contributed by atoms with Crippen molar-refractivity contribution < 1.29 is 18.0 Å². The number of carbonyl (C=O) groups excluding carboxylic acids is 2. The first-order chi connectivity index (χ1) is 11.9. The highest BCUT2D eigenvalue weighted by Crippen LogP contribution is 2.46. The van der Waals surface area contributed by atoms with Crippen LogP contribution in [0, 0.1) is 11.3 Å². The minimum atomic E-state index is -3.19. The molecule has 3 rings (SSSR count). The van der Waals surface area contributed by atoms with Gasteiger partial charge in [-0.3, -0.25) is 9.69 Å². The molecule has 0 aromatic rings. The summed E-state index contributed by atoms with van der Waals surface area (Å²) >= 11 is 0. The number of hydrogen-bond acceptors (Lipinski definition) is 5. The van der Waals surface area contributed by atoms with Gasteiger partial charge in [0.05, 0.1) is 12.9 Å². The Morgan fingerprint density at radius 3 is 2.27 bits per heavy atom. The van der Waals surface area contributed by atoms with Gasteiger partial charge < -0.3 is 5.32 Å². The summed E-state index contributed by atoms with van der Waals surface area (Å²) in [6.45, 7) is 8.45. The molecule has 0 bridgehead atoms. The summed E-state index contributed by atoms with van der Waals surface area (Å²) < 4.78 is 24.7. The second kappa shape index (κ2) is 6.45. The molecule has 1 N–H and O–H groups in total. The average molecular weight is 387 g/mol. The van der Waals surface area contributed by atoms with Crippen molar-refractivity contribution in [2.24, 2.45) is 11.3 Å². The summed E-state index contributed by atoms with van der Waals surface area (Å²) in [4.78, 5) is 28.9. The average Bonchev–Trinajstić information content (AvgIpc) is 2.68. The number of imide groups is 1. The molecule has 8 nitrogen and oxygen atoms in total. The lowest BCUT2D eigenvalue weighted by Crippen LogP contribution is -2.55. The Hall–Kier alpha value is -1.19. The minimum absolute atomic E-state index is 0.0116. The van der Waals surface area contributed by atoms with Crippen LogP contribution in [0.5, 0.6) is 0 Å². The van der Waals surface area contributed by atoms with Gasteiger partial charge in [0.25, 0.3) is 5.91 Å². The summed E-state index contributed by atoms with van der Waals surface area (Å²) in [7, 11) is -3.19. The van der Waals surface area contributed by atoms with E-state index in [9.17, 15) is 18.0 Å². The van der Waals surface area contributed by atoms with Crippen LogP contribution in [0.1, 0.15) is 40.0 Å².